The van der Waals surface area contributed by atoms with Crippen LogP contribution in [0.2, 0.25) is 0 Å². The van der Waals surface area contributed by atoms with Crippen molar-refractivity contribution in [1.82, 2.24) is 10.2 Å². The van der Waals surface area contributed by atoms with E-state index in [1.165, 1.54) is 18.2 Å². The third-order valence-corrected chi connectivity index (χ3v) is 7.77. The van der Waals surface area contributed by atoms with Crippen molar-refractivity contribution in [2.75, 3.05) is 26.8 Å². The maximum atomic E-state index is 13.0. The van der Waals surface area contributed by atoms with Crippen molar-refractivity contribution in [2.45, 2.75) is 43.2 Å². The minimum Gasteiger partial charge on any atom is -0.479 e. The molecule has 3 atom stereocenters. The van der Waals surface area contributed by atoms with Gasteiger partial charge in [0.15, 0.2) is 5.60 Å². The first-order chi connectivity index (χ1) is 16.9. The summed E-state index contributed by atoms with van der Waals surface area (Å²) in [5, 5.41) is 12.4. The van der Waals surface area contributed by atoms with Gasteiger partial charge >= 0.3 is 12.1 Å². The van der Waals surface area contributed by atoms with Gasteiger partial charge in [0.2, 0.25) is 5.91 Å². The highest BCUT2D eigenvalue weighted by Crippen LogP contribution is 2.44. The number of ether oxygens (including phenoxy) is 2. The van der Waals surface area contributed by atoms with Gasteiger partial charge in [0, 0.05) is 38.0 Å². The Morgan fingerprint density at radius 2 is 1.71 bits per heavy atom. The molecular weight excluding hydrogens is 448 g/mol. The maximum Gasteiger partial charge on any atom is 0.407 e. The Hall–Kier alpha value is -3.39. The number of carboxylic acid groups (broad SMARTS) is 1. The number of carbonyl (C=O) groups is 3. The second kappa shape index (κ2) is 9.34. The highest BCUT2D eigenvalue weighted by molar-refractivity contribution is 5.84. The SMILES string of the molecule is COC1(C(=O)O)CCN(C(=O)[C@@H]2CC[C@H](NC(=O)OCC3c4ccccc4-c4ccccc43)C2)C1. The van der Waals surface area contributed by atoms with Gasteiger partial charge in [-0.1, -0.05) is 48.5 Å². The molecule has 2 N–H and O–H groups in total. The first-order valence-electron chi connectivity index (χ1n) is 12.1. The molecule has 5 rings (SSSR count). The molecule has 2 aliphatic carbocycles. The molecule has 35 heavy (non-hydrogen) atoms. The Balaban J connectivity index is 1.14. The third kappa shape index (κ3) is 4.27. The van der Waals surface area contributed by atoms with Gasteiger partial charge < -0.3 is 24.8 Å². The first-order valence-corrected chi connectivity index (χ1v) is 12.1. The van der Waals surface area contributed by atoms with Gasteiger partial charge in [-0.05, 0) is 41.5 Å². The van der Waals surface area contributed by atoms with Crippen LogP contribution < -0.4 is 5.32 Å². The summed E-state index contributed by atoms with van der Waals surface area (Å²) in [5.41, 5.74) is 3.35. The number of likely N-dealkylation sites (tertiary alicyclic amines) is 1. The summed E-state index contributed by atoms with van der Waals surface area (Å²) in [4.78, 5) is 38.7. The fraction of sp³-hybridized carbons (Fsp3) is 0.444. The van der Waals surface area contributed by atoms with E-state index in [2.05, 4.69) is 29.6 Å². The molecule has 2 amide bonds. The molecule has 0 aromatic heterocycles. The zero-order chi connectivity index (χ0) is 24.6. The number of amides is 2. The zero-order valence-corrected chi connectivity index (χ0v) is 19.7. The summed E-state index contributed by atoms with van der Waals surface area (Å²) in [6.45, 7) is 0.662. The Morgan fingerprint density at radius 1 is 1.06 bits per heavy atom. The number of benzene rings is 2. The van der Waals surface area contributed by atoms with E-state index >= 15 is 0 Å². The Kier molecular flexibility index (Phi) is 6.23. The lowest BCUT2D eigenvalue weighted by atomic mass is 9.98. The number of nitrogens with one attached hydrogen (secondary N) is 1. The highest BCUT2D eigenvalue weighted by Gasteiger charge is 2.48. The van der Waals surface area contributed by atoms with Gasteiger partial charge in [0.05, 0.1) is 6.54 Å². The van der Waals surface area contributed by atoms with E-state index in [1.54, 1.807) is 4.90 Å². The molecule has 2 aromatic carbocycles. The molecule has 1 heterocycles. The quantitative estimate of drug-likeness (QED) is 0.659. The smallest absolute Gasteiger partial charge is 0.407 e. The molecule has 1 saturated carbocycles. The fourth-order valence-corrected chi connectivity index (χ4v) is 5.80. The number of carboxylic acids is 1. The van der Waals surface area contributed by atoms with Crippen molar-refractivity contribution in [1.29, 1.82) is 0 Å². The largest absolute Gasteiger partial charge is 0.479 e. The summed E-state index contributed by atoms with van der Waals surface area (Å²) in [6.07, 6.45) is 1.65. The average molecular weight is 479 g/mol. The van der Waals surface area contributed by atoms with Gasteiger partial charge in [-0.25, -0.2) is 9.59 Å². The minimum absolute atomic E-state index is 0.00323. The lowest BCUT2D eigenvalue weighted by Gasteiger charge is -2.24. The van der Waals surface area contributed by atoms with Gasteiger partial charge in [0.25, 0.3) is 0 Å². The van der Waals surface area contributed by atoms with Crippen LogP contribution in [0.15, 0.2) is 48.5 Å². The molecule has 1 unspecified atom stereocenters. The van der Waals surface area contributed by atoms with Crippen LogP contribution in [0.4, 0.5) is 4.79 Å². The van der Waals surface area contributed by atoms with Crippen molar-refractivity contribution in [3.63, 3.8) is 0 Å². The van der Waals surface area contributed by atoms with Crippen molar-refractivity contribution in [3.8, 4) is 11.1 Å². The van der Waals surface area contributed by atoms with E-state index in [1.807, 2.05) is 24.3 Å². The number of fused-ring (bicyclic) bond motifs is 3. The van der Waals surface area contributed by atoms with E-state index in [0.717, 1.165) is 11.1 Å². The predicted molar refractivity (Wildman–Crippen MR) is 128 cm³/mol. The maximum absolute atomic E-state index is 13.0. The molecular formula is C27H30N2O6. The summed E-state index contributed by atoms with van der Waals surface area (Å²) in [7, 11) is 1.37. The van der Waals surface area contributed by atoms with E-state index in [-0.39, 0.29) is 43.4 Å². The number of carbonyl (C=O) groups excluding carboxylic acids is 2. The van der Waals surface area contributed by atoms with E-state index in [9.17, 15) is 19.5 Å². The summed E-state index contributed by atoms with van der Waals surface area (Å²) in [5.74, 6) is -1.36. The monoisotopic (exact) mass is 478 g/mol. The van der Waals surface area contributed by atoms with Gasteiger partial charge in [-0.15, -0.1) is 0 Å². The lowest BCUT2D eigenvalue weighted by molar-refractivity contribution is -0.161. The number of aliphatic carboxylic acids is 1. The van der Waals surface area contributed by atoms with Crippen LogP contribution >= 0.6 is 0 Å². The number of hydrogen-bond acceptors (Lipinski definition) is 5. The number of alkyl carbamates (subject to hydrolysis) is 1. The molecule has 0 bridgehead atoms. The number of hydrogen-bond donors (Lipinski definition) is 2. The van der Waals surface area contributed by atoms with Gasteiger partial charge in [-0.2, -0.15) is 0 Å². The predicted octanol–water partition coefficient (Wildman–Crippen LogP) is 3.40. The summed E-state index contributed by atoms with van der Waals surface area (Å²) < 4.78 is 10.9. The molecule has 1 aliphatic heterocycles. The molecule has 3 aliphatic rings. The highest BCUT2D eigenvalue weighted by atomic mass is 16.5. The molecule has 184 valence electrons. The summed E-state index contributed by atoms with van der Waals surface area (Å²) in [6, 6.07) is 16.2. The van der Waals surface area contributed by atoms with E-state index in [0.29, 0.717) is 25.8 Å². The Morgan fingerprint density at radius 3 is 2.31 bits per heavy atom. The van der Waals surface area contributed by atoms with Crippen LogP contribution in [0.3, 0.4) is 0 Å². The molecule has 8 nitrogen and oxygen atoms in total. The van der Waals surface area contributed by atoms with Gasteiger partial charge in [-0.3, -0.25) is 4.79 Å². The third-order valence-electron chi connectivity index (χ3n) is 7.77. The van der Waals surface area contributed by atoms with Crippen molar-refractivity contribution >= 4 is 18.0 Å². The van der Waals surface area contributed by atoms with Crippen LogP contribution in [-0.2, 0) is 19.1 Å². The van der Waals surface area contributed by atoms with Crippen LogP contribution in [0, 0.1) is 5.92 Å². The van der Waals surface area contributed by atoms with E-state index in [4.69, 9.17) is 9.47 Å². The number of rotatable bonds is 6. The normalized spacial score (nSPS) is 25.2. The minimum atomic E-state index is -1.33. The number of methoxy groups -OCH3 is 1. The first kappa shape index (κ1) is 23.4. The van der Waals surface area contributed by atoms with Crippen molar-refractivity contribution in [3.05, 3.63) is 59.7 Å². The Labute approximate surface area is 204 Å². The molecule has 1 saturated heterocycles. The van der Waals surface area contributed by atoms with Crippen LogP contribution in [0.1, 0.15) is 42.7 Å². The molecule has 8 heteroatoms. The molecule has 2 aromatic rings. The molecule has 0 radical (unpaired) electrons. The van der Waals surface area contributed by atoms with Crippen molar-refractivity contribution < 1.29 is 29.0 Å². The fourth-order valence-electron chi connectivity index (χ4n) is 5.80. The van der Waals surface area contributed by atoms with Crippen LogP contribution in [-0.4, -0.2) is 66.4 Å². The molecule has 2 fully saturated rings. The summed E-state index contributed by atoms with van der Waals surface area (Å²) >= 11 is 0. The number of nitrogens with zero attached hydrogens (tertiary/aromatic N) is 1. The molecule has 0 spiro atoms. The van der Waals surface area contributed by atoms with Crippen LogP contribution in [0.25, 0.3) is 11.1 Å². The van der Waals surface area contributed by atoms with Crippen LogP contribution in [0.5, 0.6) is 0 Å². The van der Waals surface area contributed by atoms with E-state index < -0.39 is 17.7 Å². The second-order valence-corrected chi connectivity index (χ2v) is 9.69. The lowest BCUT2D eigenvalue weighted by Crippen LogP contribution is -2.45. The standard InChI is InChI=1S/C27H30N2O6/c1-34-27(25(31)32)12-13-29(16-27)24(30)17-10-11-18(14-17)28-26(33)35-15-23-21-8-4-2-6-19(21)20-7-3-5-9-22(20)23/h2-9,17-18,23H,10-16H2,1H3,(H,28,33)(H,31,32)/t17-,18+,27?/m1/s1. The topological polar surface area (TPSA) is 105 Å². The second-order valence-electron chi connectivity index (χ2n) is 9.69. The Bertz CT molecular complexity index is 1100. The average Bonchev–Trinajstić information content (AvgIpc) is 3.59. The van der Waals surface area contributed by atoms with Gasteiger partial charge in [0.1, 0.15) is 6.61 Å². The van der Waals surface area contributed by atoms with Crippen molar-refractivity contribution in [2.24, 2.45) is 5.92 Å². The zero-order valence-electron chi connectivity index (χ0n) is 19.7.